The van der Waals surface area contributed by atoms with Crippen LogP contribution in [0.15, 0.2) is 24.3 Å². The Balaban J connectivity index is 2.18. The summed E-state index contributed by atoms with van der Waals surface area (Å²) in [6, 6.07) is 0. The first-order valence-electron chi connectivity index (χ1n) is 16.0. The Bertz CT molecular complexity index is 777. The molecule has 0 bridgehead atoms. The van der Waals surface area contributed by atoms with E-state index in [2.05, 4.69) is 13.8 Å². The number of allylic oxidation sites excluding steroid dienone is 3. The first-order chi connectivity index (χ1) is 19.8. The van der Waals surface area contributed by atoms with Crippen LogP contribution >= 0.6 is 0 Å². The van der Waals surface area contributed by atoms with Gasteiger partial charge in [0.05, 0.1) is 12.2 Å². The van der Waals surface area contributed by atoms with Crippen molar-refractivity contribution in [2.45, 2.75) is 141 Å². The molecule has 0 saturated heterocycles. The van der Waals surface area contributed by atoms with Crippen molar-refractivity contribution in [3.8, 4) is 0 Å². The van der Waals surface area contributed by atoms with E-state index in [1.165, 1.54) is 25.7 Å². The Morgan fingerprint density at radius 1 is 0.854 bits per heavy atom. The van der Waals surface area contributed by atoms with Gasteiger partial charge in [0.15, 0.2) is 0 Å². The molecular formula is C33H56O8. The number of ether oxygens (including phenoxy) is 2. The summed E-state index contributed by atoms with van der Waals surface area (Å²) in [5.74, 6) is -1.37. The van der Waals surface area contributed by atoms with E-state index in [9.17, 15) is 29.7 Å². The lowest BCUT2D eigenvalue weighted by Gasteiger charge is -2.17. The Kier molecular flexibility index (Phi) is 21.2. The summed E-state index contributed by atoms with van der Waals surface area (Å²) in [7, 11) is 0. The third-order valence-electron chi connectivity index (χ3n) is 7.57. The normalized spacial score (nSPS) is 20.6. The minimum Gasteiger partial charge on any atom is -0.463 e. The lowest BCUT2D eigenvalue weighted by Crippen LogP contribution is -2.25. The van der Waals surface area contributed by atoms with Crippen molar-refractivity contribution in [3.63, 3.8) is 0 Å². The first kappa shape index (κ1) is 37.0. The van der Waals surface area contributed by atoms with Crippen molar-refractivity contribution >= 4 is 17.7 Å². The topological polar surface area (TPSA) is 130 Å². The molecule has 8 nitrogen and oxygen atoms in total. The largest absolute Gasteiger partial charge is 0.463 e. The summed E-state index contributed by atoms with van der Waals surface area (Å²) in [6.45, 7) is 3.89. The van der Waals surface area contributed by atoms with E-state index in [1.54, 1.807) is 12.2 Å². The number of ketones is 1. The maximum absolute atomic E-state index is 12.3. The number of carbonyl (C=O) groups is 3. The molecule has 1 fully saturated rings. The second kappa shape index (κ2) is 23.5. The standard InChI is InChI=1S/C33H56O8/c1-3-5-7-8-9-10-15-19-32(38)40-24-27(35)25-41-33(39)20-16-12-11-14-18-28-29(31(37)23-30(28)36)22-21-26(34)17-13-6-4-2/h11,14,21-22,26-30,34-36H,3-10,12-13,15-20,23-25H2,1-2H3/b14-11-,22-21+/t26-,27+,28+,29+,30-/m0/s1. The highest BCUT2D eigenvalue weighted by molar-refractivity contribution is 5.86. The number of carbonyl (C=O) groups excluding carboxylic acids is 3. The molecule has 1 rings (SSSR count). The third kappa shape index (κ3) is 18.2. The molecule has 1 aliphatic carbocycles. The van der Waals surface area contributed by atoms with Gasteiger partial charge in [-0.25, -0.2) is 0 Å². The number of rotatable bonds is 24. The highest BCUT2D eigenvalue weighted by Gasteiger charge is 2.39. The van der Waals surface area contributed by atoms with Crippen molar-refractivity contribution in [2.75, 3.05) is 13.2 Å². The molecular weight excluding hydrogens is 524 g/mol. The molecule has 8 heteroatoms. The molecule has 0 spiro atoms. The van der Waals surface area contributed by atoms with Crippen LogP contribution in [0.5, 0.6) is 0 Å². The number of hydrogen-bond acceptors (Lipinski definition) is 8. The molecule has 41 heavy (non-hydrogen) atoms. The molecule has 0 amide bonds. The van der Waals surface area contributed by atoms with Crippen LogP contribution in [0.4, 0.5) is 0 Å². The lowest BCUT2D eigenvalue weighted by atomic mass is 9.90. The number of unbranched alkanes of at least 4 members (excludes halogenated alkanes) is 9. The van der Waals surface area contributed by atoms with Gasteiger partial charge in [0.2, 0.25) is 0 Å². The van der Waals surface area contributed by atoms with Gasteiger partial charge in [-0.2, -0.15) is 0 Å². The fourth-order valence-corrected chi connectivity index (χ4v) is 5.01. The van der Waals surface area contributed by atoms with Crippen LogP contribution in [0.3, 0.4) is 0 Å². The van der Waals surface area contributed by atoms with Crippen molar-refractivity contribution in [1.29, 1.82) is 0 Å². The van der Waals surface area contributed by atoms with Crippen LogP contribution < -0.4 is 0 Å². The van der Waals surface area contributed by atoms with E-state index in [1.807, 2.05) is 12.2 Å². The fraction of sp³-hybridized carbons (Fsp3) is 0.788. The van der Waals surface area contributed by atoms with Crippen molar-refractivity contribution in [2.24, 2.45) is 11.8 Å². The average molecular weight is 581 g/mol. The van der Waals surface area contributed by atoms with E-state index in [-0.39, 0.29) is 43.7 Å². The molecule has 0 aromatic carbocycles. The highest BCUT2D eigenvalue weighted by Crippen LogP contribution is 2.33. The number of esters is 2. The van der Waals surface area contributed by atoms with Crippen LogP contribution in [0, 0.1) is 11.8 Å². The second-order valence-electron chi connectivity index (χ2n) is 11.4. The number of hydrogen-bond donors (Lipinski definition) is 3. The van der Waals surface area contributed by atoms with Crippen LogP contribution in [0.2, 0.25) is 0 Å². The first-order valence-corrected chi connectivity index (χ1v) is 16.0. The van der Waals surface area contributed by atoms with Crippen LogP contribution in [0.1, 0.15) is 123 Å². The summed E-state index contributed by atoms with van der Waals surface area (Å²) >= 11 is 0. The van der Waals surface area contributed by atoms with Gasteiger partial charge >= 0.3 is 11.9 Å². The Labute approximate surface area is 247 Å². The van der Waals surface area contributed by atoms with E-state index < -0.39 is 30.2 Å². The predicted molar refractivity (Wildman–Crippen MR) is 160 cm³/mol. The predicted octanol–water partition coefficient (Wildman–Crippen LogP) is 5.75. The van der Waals surface area contributed by atoms with Crippen LogP contribution in [-0.4, -0.2) is 64.6 Å². The van der Waals surface area contributed by atoms with E-state index in [0.717, 1.165) is 38.5 Å². The molecule has 236 valence electrons. The molecule has 0 aromatic rings. The molecule has 0 unspecified atom stereocenters. The summed E-state index contributed by atoms with van der Waals surface area (Å²) in [5, 5.41) is 30.4. The molecule has 3 N–H and O–H groups in total. The summed E-state index contributed by atoms with van der Waals surface area (Å²) < 4.78 is 10.2. The van der Waals surface area contributed by atoms with Gasteiger partial charge < -0.3 is 24.8 Å². The SMILES string of the molecule is CCCCCCCCCC(=O)OC[C@@H](O)COC(=O)CCC/C=C\C[C@H]1[C@@H](O)CC(=O)[C@@H]1/C=C/[C@@H](O)CCCCC. The minimum atomic E-state index is -1.04. The Hall–Kier alpha value is -2.03. The van der Waals surface area contributed by atoms with Gasteiger partial charge in [-0.1, -0.05) is 95.9 Å². The van der Waals surface area contributed by atoms with Crippen LogP contribution in [0.25, 0.3) is 0 Å². The number of aliphatic hydroxyl groups excluding tert-OH is 3. The highest BCUT2D eigenvalue weighted by atomic mass is 16.6. The van der Waals surface area contributed by atoms with Gasteiger partial charge in [-0.15, -0.1) is 0 Å². The molecule has 0 heterocycles. The molecule has 0 radical (unpaired) electrons. The second-order valence-corrected chi connectivity index (χ2v) is 11.4. The quantitative estimate of drug-likeness (QED) is 0.0747. The summed E-state index contributed by atoms with van der Waals surface area (Å²) in [6.07, 6.45) is 19.0. The number of Topliss-reactive ketones (excluding diaryl/α,β-unsaturated/α-hetero) is 1. The lowest BCUT2D eigenvalue weighted by molar-refractivity contribution is -0.152. The molecule has 0 aromatic heterocycles. The van der Waals surface area contributed by atoms with Gasteiger partial charge in [-0.05, 0) is 32.1 Å². The molecule has 5 atom stereocenters. The molecule has 1 aliphatic rings. The number of aliphatic hydroxyl groups is 3. The zero-order valence-corrected chi connectivity index (χ0v) is 25.5. The maximum atomic E-state index is 12.3. The van der Waals surface area contributed by atoms with Gasteiger partial charge in [0.25, 0.3) is 0 Å². The molecule has 0 aliphatic heterocycles. The van der Waals surface area contributed by atoms with Gasteiger partial charge in [0, 0.05) is 31.1 Å². The van der Waals surface area contributed by atoms with Crippen LogP contribution in [-0.2, 0) is 23.9 Å². The van der Waals surface area contributed by atoms with Gasteiger partial charge in [-0.3, -0.25) is 14.4 Å². The van der Waals surface area contributed by atoms with Crippen molar-refractivity contribution in [3.05, 3.63) is 24.3 Å². The summed E-state index contributed by atoms with van der Waals surface area (Å²) in [4.78, 5) is 36.1. The van der Waals surface area contributed by atoms with Crippen molar-refractivity contribution in [1.82, 2.24) is 0 Å². The van der Waals surface area contributed by atoms with Crippen molar-refractivity contribution < 1.29 is 39.2 Å². The maximum Gasteiger partial charge on any atom is 0.305 e. The average Bonchev–Trinajstić information content (AvgIpc) is 3.22. The van der Waals surface area contributed by atoms with Gasteiger partial charge in [0.1, 0.15) is 25.1 Å². The Morgan fingerprint density at radius 2 is 1.44 bits per heavy atom. The fourth-order valence-electron chi connectivity index (χ4n) is 5.01. The van der Waals surface area contributed by atoms with E-state index in [0.29, 0.717) is 32.1 Å². The third-order valence-corrected chi connectivity index (χ3v) is 7.57. The molecule has 1 saturated carbocycles. The van der Waals surface area contributed by atoms with E-state index in [4.69, 9.17) is 9.47 Å². The zero-order chi connectivity index (χ0) is 30.3. The summed E-state index contributed by atoms with van der Waals surface area (Å²) in [5.41, 5.74) is 0. The minimum absolute atomic E-state index is 0.000716. The Morgan fingerprint density at radius 3 is 2.10 bits per heavy atom. The zero-order valence-electron chi connectivity index (χ0n) is 25.5. The smallest absolute Gasteiger partial charge is 0.305 e. The monoisotopic (exact) mass is 580 g/mol. The van der Waals surface area contributed by atoms with E-state index >= 15 is 0 Å².